The number of aliphatic hydroxyl groups excluding tert-OH is 15. The summed E-state index contributed by atoms with van der Waals surface area (Å²) in [6.07, 6.45) is -45.3. The van der Waals surface area contributed by atoms with Crippen molar-refractivity contribution in [3.63, 3.8) is 0 Å². The fourth-order valence-electron chi connectivity index (χ4n) is 8.85. The van der Waals surface area contributed by atoms with Gasteiger partial charge in [-0.2, -0.15) is 0 Å². The Bertz CT molecular complexity index is 1660. The van der Waals surface area contributed by atoms with Gasteiger partial charge >= 0.3 is 11.9 Å². The molecule has 5 heterocycles. The smallest absolute Gasteiger partial charge is 0.364 e. The number of rotatable bonds is 20. The second-order valence-corrected chi connectivity index (χ2v) is 17.6. The van der Waals surface area contributed by atoms with Gasteiger partial charge in [0.15, 0.2) is 18.9 Å². The third-order valence-corrected chi connectivity index (χ3v) is 13.0. The van der Waals surface area contributed by atoms with Crippen LogP contribution in [0.25, 0.3) is 0 Å². The largest absolute Gasteiger partial charge is 0.477 e. The number of carboxylic acids is 2. The van der Waals surface area contributed by atoms with Crippen LogP contribution in [0.15, 0.2) is 0 Å². The van der Waals surface area contributed by atoms with Crippen LogP contribution in [0.3, 0.4) is 0 Å². The molecule has 69 heavy (non-hydrogen) atoms. The van der Waals surface area contributed by atoms with E-state index in [2.05, 4.69) is 0 Å². The van der Waals surface area contributed by atoms with E-state index >= 15 is 0 Å². The van der Waals surface area contributed by atoms with Crippen molar-refractivity contribution in [3.05, 3.63) is 0 Å². The Morgan fingerprint density at radius 3 is 1.62 bits per heavy atom. The van der Waals surface area contributed by atoms with E-state index in [1.165, 1.54) is 6.92 Å². The minimum atomic E-state index is -3.33. The summed E-state index contributed by atoms with van der Waals surface area (Å²) < 4.78 is 56.6. The Morgan fingerprint density at radius 1 is 0.609 bits per heavy atom. The molecule has 5 aliphatic rings. The molecule has 5 fully saturated rings. The Morgan fingerprint density at radius 2 is 1.10 bits per heavy atom. The summed E-state index contributed by atoms with van der Waals surface area (Å²) in [4.78, 5) is 26.3. The highest BCUT2D eigenvalue weighted by Gasteiger charge is 2.62. The summed E-state index contributed by atoms with van der Waals surface area (Å²) in [5.41, 5.74) is 12.1. The number of aliphatic hydroxyl groups is 15. The van der Waals surface area contributed by atoms with Gasteiger partial charge in [0.25, 0.3) is 11.6 Å². The van der Waals surface area contributed by atoms with Gasteiger partial charge in [0.2, 0.25) is 0 Å². The maximum atomic E-state index is 13.5. The number of carbonyl (C=O) groups is 2. The molecule has 21 N–H and O–H groups in total. The molecule has 0 amide bonds. The molecule has 8 unspecified atom stereocenters. The van der Waals surface area contributed by atoms with E-state index in [0.29, 0.717) is 0 Å². The van der Waals surface area contributed by atoms with Crippen LogP contribution in [0.4, 0.5) is 0 Å². The van der Waals surface area contributed by atoms with Gasteiger partial charge in [0.1, 0.15) is 97.7 Å². The highest BCUT2D eigenvalue weighted by molar-refractivity contribution is 5.76. The molecule has 27 atom stereocenters. The lowest BCUT2D eigenvalue weighted by molar-refractivity contribution is -0.402. The first kappa shape index (κ1) is 57.8. The Balaban J connectivity index is 1.53. The van der Waals surface area contributed by atoms with Crippen molar-refractivity contribution in [3.8, 4) is 0 Å². The fraction of sp³-hybridized carbons (Fsp3) is 0.947. The van der Waals surface area contributed by atoms with Gasteiger partial charge in [-0.1, -0.05) is 6.92 Å². The molecule has 0 aromatic heterocycles. The maximum Gasteiger partial charge on any atom is 0.364 e. The van der Waals surface area contributed by atoms with E-state index in [1.807, 2.05) is 0 Å². The topological polar surface area (TPSA) is 522 Å². The molecule has 31 heteroatoms. The molecule has 0 aliphatic carbocycles. The van der Waals surface area contributed by atoms with Gasteiger partial charge in [-0.05, 0) is 0 Å². The molecule has 0 bridgehead atoms. The van der Waals surface area contributed by atoms with E-state index in [4.69, 9.17) is 58.8 Å². The molecule has 5 rings (SSSR count). The van der Waals surface area contributed by atoms with Gasteiger partial charge in [-0.15, -0.1) is 0 Å². The van der Waals surface area contributed by atoms with E-state index in [9.17, 15) is 96.4 Å². The highest BCUT2D eigenvalue weighted by Crippen LogP contribution is 2.41. The fourth-order valence-corrected chi connectivity index (χ4v) is 8.85. The van der Waals surface area contributed by atoms with Gasteiger partial charge in [-0.3, -0.25) is 0 Å². The van der Waals surface area contributed by atoms with Crippen molar-refractivity contribution in [2.24, 2.45) is 17.4 Å². The molecule has 5 aliphatic heterocycles. The van der Waals surface area contributed by atoms with Crippen LogP contribution in [-0.4, -0.2) is 297 Å². The molecule has 0 aromatic carbocycles. The van der Waals surface area contributed by atoms with Gasteiger partial charge in [-0.25, -0.2) is 9.59 Å². The predicted octanol–water partition coefficient (Wildman–Crippen LogP) is -11.7. The van der Waals surface area contributed by atoms with Crippen molar-refractivity contribution >= 4 is 11.9 Å². The van der Waals surface area contributed by atoms with Crippen molar-refractivity contribution in [2.45, 2.75) is 178 Å². The number of carboxylic acid groups (broad SMARTS) is 2. The van der Waals surface area contributed by atoms with Crippen LogP contribution in [-0.2, 0) is 57.0 Å². The molecule has 402 valence electrons. The molecule has 5 saturated heterocycles. The number of methoxy groups -OCH3 is 1. The summed E-state index contributed by atoms with van der Waals surface area (Å²) in [5.74, 6) is -11.9. The standard InChI is InChI=1S/C38H66N2O29/c1-10-20(49)22(51)14(6-42)61-32(10)65-28-17(9-45)63-34(64-27-16(8-44)62-33(60-2)25(54)24(27)53)26(55)31(28)69-38(36(58)59)4-12(47)19(40)30(68-38)23(52)15(7-43)66-37(35(56)57)3-11(46)18(39)29(67-37)21(50)13(48)5-41/h10-34,41-55H,3-9,39-40H2,1-2H3,(H,56,57)(H,58,59)/t10-,11+,12+,13+,14?,15+,16?,17?,18+,19+,20?,21+,22-,23+,24?,25-,26-,27+,28-,29?,30?,31?,32-,33+,34-,37+,38-/m0/s1. The number of ether oxygens (including phenoxy) is 10. The molecule has 0 saturated carbocycles. The predicted molar refractivity (Wildman–Crippen MR) is 213 cm³/mol. The first-order chi connectivity index (χ1) is 32.4. The van der Waals surface area contributed by atoms with Crippen molar-refractivity contribution in [2.75, 3.05) is 40.1 Å². The molecule has 0 spiro atoms. The van der Waals surface area contributed by atoms with Gasteiger partial charge in [0.05, 0.1) is 63.4 Å². The zero-order chi connectivity index (χ0) is 51.6. The first-order valence-electron chi connectivity index (χ1n) is 21.8. The third-order valence-electron chi connectivity index (χ3n) is 13.0. The van der Waals surface area contributed by atoms with Gasteiger partial charge in [0, 0.05) is 25.9 Å². The van der Waals surface area contributed by atoms with Crippen molar-refractivity contribution in [1.29, 1.82) is 0 Å². The van der Waals surface area contributed by atoms with E-state index in [0.717, 1.165) is 7.11 Å². The summed E-state index contributed by atoms with van der Waals surface area (Å²) in [6.45, 7) is -4.04. The van der Waals surface area contributed by atoms with E-state index < -0.39 is 222 Å². The number of hydrogen-bond donors (Lipinski definition) is 19. The van der Waals surface area contributed by atoms with Crippen LogP contribution >= 0.6 is 0 Å². The Hall–Kier alpha value is -2.14. The summed E-state index contributed by atoms with van der Waals surface area (Å²) in [6, 6.07) is -3.49. The number of aliphatic carboxylic acids is 2. The lowest BCUT2D eigenvalue weighted by Crippen LogP contribution is -2.71. The molecular formula is C38H66N2O29. The summed E-state index contributed by atoms with van der Waals surface area (Å²) in [5, 5.41) is 181. The Labute approximate surface area is 391 Å². The first-order valence-corrected chi connectivity index (χ1v) is 21.8. The van der Waals surface area contributed by atoms with Crippen molar-refractivity contribution < 1.29 is 144 Å². The molecular weight excluding hydrogens is 948 g/mol. The number of nitrogens with two attached hydrogens (primary N) is 2. The Kier molecular flexibility index (Phi) is 19.9. The average Bonchev–Trinajstić information content (AvgIpc) is 3.32. The minimum Gasteiger partial charge on any atom is -0.477 e. The lowest BCUT2D eigenvalue weighted by atomic mass is 9.87. The van der Waals surface area contributed by atoms with Crippen LogP contribution in [0.1, 0.15) is 19.8 Å². The molecule has 0 radical (unpaired) electrons. The number of hydrogen-bond acceptors (Lipinski definition) is 29. The quantitative estimate of drug-likeness (QED) is 0.0538. The lowest BCUT2D eigenvalue weighted by Gasteiger charge is -2.52. The minimum absolute atomic E-state index is 0.874. The van der Waals surface area contributed by atoms with Crippen LogP contribution in [0, 0.1) is 5.92 Å². The maximum absolute atomic E-state index is 13.5. The monoisotopic (exact) mass is 1010 g/mol. The third kappa shape index (κ3) is 11.6. The SMILES string of the molecule is CO[C@@H]1OC(CO)[C@@H](O[C@@H]2OC(CO)[C@H](O[C@@H]3OC(CO)[C@H](O)C(O)[C@@H]3C)C(O[C@]3(C(=O)O)C[C@@H](O)[C@@H](N)C([C@H](O)[C@@H](CO)O[C@]4(C(=O)O)C[C@@H](O)[C@@H](N)C([C@H](O)[C@H](O)CO)O4)O3)[C@@H]2O)C(O)[C@@H]1O. The normalized spacial score (nSPS) is 47.2. The van der Waals surface area contributed by atoms with E-state index in [1.54, 1.807) is 0 Å². The second kappa shape index (κ2) is 23.8. The highest BCUT2D eigenvalue weighted by atomic mass is 16.8. The second-order valence-electron chi connectivity index (χ2n) is 17.6. The zero-order valence-corrected chi connectivity index (χ0v) is 37.0. The molecule has 0 aromatic rings. The van der Waals surface area contributed by atoms with Crippen molar-refractivity contribution in [1.82, 2.24) is 0 Å². The van der Waals surface area contributed by atoms with Crippen LogP contribution < -0.4 is 11.5 Å². The summed E-state index contributed by atoms with van der Waals surface area (Å²) in [7, 11) is 1.11. The van der Waals surface area contributed by atoms with Crippen LogP contribution in [0.5, 0.6) is 0 Å². The van der Waals surface area contributed by atoms with Gasteiger partial charge < -0.3 is 146 Å². The summed E-state index contributed by atoms with van der Waals surface area (Å²) >= 11 is 0. The molecule has 31 nitrogen and oxygen atoms in total. The zero-order valence-electron chi connectivity index (χ0n) is 37.0. The van der Waals surface area contributed by atoms with E-state index in [-0.39, 0.29) is 0 Å². The van der Waals surface area contributed by atoms with Crippen LogP contribution in [0.2, 0.25) is 0 Å². The average molecular weight is 1010 g/mol.